The molecule has 17 heavy (non-hydrogen) atoms. The van der Waals surface area contributed by atoms with Gasteiger partial charge in [0, 0.05) is 12.1 Å². The summed E-state index contributed by atoms with van der Waals surface area (Å²) in [6.07, 6.45) is 2.24. The molecule has 0 fully saturated rings. The Morgan fingerprint density at radius 2 is 1.71 bits per heavy atom. The van der Waals surface area contributed by atoms with Crippen LogP contribution in [0.5, 0.6) is 17.2 Å². The third-order valence-corrected chi connectivity index (χ3v) is 3.12. The minimum Gasteiger partial charge on any atom is -0.504 e. The van der Waals surface area contributed by atoms with Crippen molar-refractivity contribution >= 4 is 0 Å². The lowest BCUT2D eigenvalue weighted by Crippen LogP contribution is -2.21. The van der Waals surface area contributed by atoms with Crippen molar-refractivity contribution in [3.05, 3.63) is 17.7 Å². The number of phenols is 3. The Bertz CT molecular complexity index is 362. The first-order chi connectivity index (χ1) is 8.10. The van der Waals surface area contributed by atoms with E-state index in [1.165, 1.54) is 6.07 Å². The van der Waals surface area contributed by atoms with Crippen LogP contribution in [0.4, 0.5) is 0 Å². The van der Waals surface area contributed by atoms with Crippen molar-refractivity contribution in [3.63, 3.8) is 0 Å². The van der Waals surface area contributed by atoms with Gasteiger partial charge in [-0.05, 0) is 18.5 Å². The van der Waals surface area contributed by atoms with Crippen molar-refractivity contribution in [2.24, 2.45) is 5.92 Å². The minimum atomic E-state index is -0.452. The predicted octanol–water partition coefficient (Wildman–Crippen LogP) is 2.33. The van der Waals surface area contributed by atoms with E-state index in [-0.39, 0.29) is 11.5 Å². The molecule has 1 aromatic carbocycles. The van der Waals surface area contributed by atoms with E-state index in [1.807, 2.05) is 0 Å². The predicted molar refractivity (Wildman–Crippen MR) is 67.2 cm³/mol. The number of phenolic OH excluding ortho intramolecular Hbond substituents is 3. The van der Waals surface area contributed by atoms with Crippen LogP contribution in [0.1, 0.15) is 32.3 Å². The molecule has 0 unspecified atom stereocenters. The number of rotatable bonds is 6. The molecule has 0 aliphatic carbocycles. The molecule has 4 heteroatoms. The molecule has 0 saturated heterocycles. The van der Waals surface area contributed by atoms with E-state index in [0.717, 1.165) is 19.4 Å². The van der Waals surface area contributed by atoms with Crippen LogP contribution in [0.2, 0.25) is 0 Å². The molecule has 0 aliphatic heterocycles. The highest BCUT2D eigenvalue weighted by Gasteiger charge is 2.11. The molecule has 1 aromatic rings. The molecule has 0 heterocycles. The number of hydrogen-bond acceptors (Lipinski definition) is 4. The Hall–Kier alpha value is -1.42. The fourth-order valence-corrected chi connectivity index (χ4v) is 1.74. The second kappa shape index (κ2) is 6.35. The maximum Gasteiger partial charge on any atom is 0.200 e. The summed E-state index contributed by atoms with van der Waals surface area (Å²) in [5, 5.41) is 31.4. The van der Waals surface area contributed by atoms with E-state index >= 15 is 0 Å². The van der Waals surface area contributed by atoms with Crippen molar-refractivity contribution in [2.45, 2.75) is 33.2 Å². The molecule has 0 aliphatic rings. The fraction of sp³-hybridized carbons (Fsp3) is 0.538. The van der Waals surface area contributed by atoms with Crippen LogP contribution >= 0.6 is 0 Å². The van der Waals surface area contributed by atoms with Gasteiger partial charge in [0.25, 0.3) is 0 Å². The third kappa shape index (κ3) is 3.53. The number of aromatic hydroxyl groups is 3. The maximum atomic E-state index is 9.61. The summed E-state index contributed by atoms with van der Waals surface area (Å²) >= 11 is 0. The highest BCUT2D eigenvalue weighted by atomic mass is 16.3. The van der Waals surface area contributed by atoms with Gasteiger partial charge in [0.15, 0.2) is 11.5 Å². The summed E-state index contributed by atoms with van der Waals surface area (Å²) in [6, 6.07) is 2.98. The lowest BCUT2D eigenvalue weighted by Gasteiger charge is -2.14. The van der Waals surface area contributed by atoms with Crippen LogP contribution in [0.3, 0.4) is 0 Å². The van der Waals surface area contributed by atoms with Gasteiger partial charge in [-0.3, -0.25) is 0 Å². The zero-order valence-corrected chi connectivity index (χ0v) is 10.4. The zero-order chi connectivity index (χ0) is 12.8. The Morgan fingerprint density at radius 3 is 2.29 bits per heavy atom. The summed E-state index contributed by atoms with van der Waals surface area (Å²) in [6.45, 7) is 5.67. The first-order valence-corrected chi connectivity index (χ1v) is 6.03. The Labute approximate surface area is 102 Å². The summed E-state index contributed by atoms with van der Waals surface area (Å²) in [7, 11) is 0. The van der Waals surface area contributed by atoms with Crippen molar-refractivity contribution < 1.29 is 15.3 Å². The highest BCUT2D eigenvalue weighted by Crippen LogP contribution is 2.36. The van der Waals surface area contributed by atoms with Crippen LogP contribution in [0.25, 0.3) is 0 Å². The Morgan fingerprint density at radius 1 is 1.06 bits per heavy atom. The normalized spacial score (nSPS) is 11.0. The van der Waals surface area contributed by atoms with Crippen LogP contribution in [-0.4, -0.2) is 21.9 Å². The molecule has 1 rings (SSSR count). The van der Waals surface area contributed by atoms with E-state index in [4.69, 9.17) is 0 Å². The molecule has 0 bridgehead atoms. The van der Waals surface area contributed by atoms with Crippen LogP contribution < -0.4 is 5.32 Å². The van der Waals surface area contributed by atoms with Gasteiger partial charge >= 0.3 is 0 Å². The van der Waals surface area contributed by atoms with Crippen LogP contribution in [-0.2, 0) is 6.54 Å². The van der Waals surface area contributed by atoms with Crippen molar-refractivity contribution in [1.82, 2.24) is 5.32 Å². The standard InChI is InChI=1S/C13H21NO3/c1-3-9(4-2)7-14-8-10-5-6-11(15)13(17)12(10)16/h5-6,9,14-17H,3-4,7-8H2,1-2H3. The molecule has 0 aromatic heterocycles. The third-order valence-electron chi connectivity index (χ3n) is 3.12. The SMILES string of the molecule is CCC(CC)CNCc1ccc(O)c(O)c1O. The summed E-state index contributed by atoms with van der Waals surface area (Å²) in [5.74, 6) is -0.372. The number of benzene rings is 1. The zero-order valence-electron chi connectivity index (χ0n) is 10.4. The van der Waals surface area contributed by atoms with Gasteiger partial charge < -0.3 is 20.6 Å². The van der Waals surface area contributed by atoms with E-state index in [9.17, 15) is 15.3 Å². The first-order valence-electron chi connectivity index (χ1n) is 6.03. The molecule has 0 amide bonds. The molecule has 4 nitrogen and oxygen atoms in total. The van der Waals surface area contributed by atoms with Crippen LogP contribution in [0, 0.1) is 5.92 Å². The van der Waals surface area contributed by atoms with Crippen molar-refractivity contribution in [2.75, 3.05) is 6.54 Å². The molecule has 0 spiro atoms. The van der Waals surface area contributed by atoms with Crippen molar-refractivity contribution in [1.29, 1.82) is 0 Å². The van der Waals surface area contributed by atoms with E-state index in [1.54, 1.807) is 6.07 Å². The van der Waals surface area contributed by atoms with E-state index in [0.29, 0.717) is 18.0 Å². The van der Waals surface area contributed by atoms with Gasteiger partial charge in [-0.25, -0.2) is 0 Å². The quantitative estimate of drug-likeness (QED) is 0.575. The summed E-state index contributed by atoms with van der Waals surface area (Å²) in [4.78, 5) is 0. The number of hydrogen-bond donors (Lipinski definition) is 4. The Balaban J connectivity index is 2.55. The van der Waals surface area contributed by atoms with Gasteiger partial charge in [0.1, 0.15) is 0 Å². The number of nitrogens with one attached hydrogen (secondary N) is 1. The molecule has 0 radical (unpaired) electrons. The Kier molecular flexibility index (Phi) is 5.10. The topological polar surface area (TPSA) is 72.7 Å². The molecule has 4 N–H and O–H groups in total. The molecule has 0 atom stereocenters. The molecular weight excluding hydrogens is 218 g/mol. The second-order valence-corrected chi connectivity index (χ2v) is 4.25. The van der Waals surface area contributed by atoms with Gasteiger partial charge in [0.05, 0.1) is 0 Å². The summed E-state index contributed by atoms with van der Waals surface area (Å²) < 4.78 is 0. The molecule has 0 saturated carbocycles. The van der Waals surface area contributed by atoms with Gasteiger partial charge in [-0.2, -0.15) is 0 Å². The van der Waals surface area contributed by atoms with Crippen molar-refractivity contribution in [3.8, 4) is 17.2 Å². The smallest absolute Gasteiger partial charge is 0.200 e. The van der Waals surface area contributed by atoms with E-state index < -0.39 is 5.75 Å². The molecule has 96 valence electrons. The average molecular weight is 239 g/mol. The largest absolute Gasteiger partial charge is 0.504 e. The molecular formula is C13H21NO3. The monoisotopic (exact) mass is 239 g/mol. The summed E-state index contributed by atoms with van der Waals surface area (Å²) in [5.41, 5.74) is 0.589. The first kappa shape index (κ1) is 13.6. The fourth-order valence-electron chi connectivity index (χ4n) is 1.74. The highest BCUT2D eigenvalue weighted by molar-refractivity contribution is 5.52. The lowest BCUT2D eigenvalue weighted by atomic mass is 10.0. The minimum absolute atomic E-state index is 0.248. The van der Waals surface area contributed by atoms with Crippen LogP contribution in [0.15, 0.2) is 12.1 Å². The van der Waals surface area contributed by atoms with E-state index in [2.05, 4.69) is 19.2 Å². The lowest BCUT2D eigenvalue weighted by molar-refractivity contribution is 0.363. The maximum absolute atomic E-state index is 9.61. The second-order valence-electron chi connectivity index (χ2n) is 4.25. The van der Waals surface area contributed by atoms with Gasteiger partial charge in [0.2, 0.25) is 5.75 Å². The van der Waals surface area contributed by atoms with Gasteiger partial charge in [-0.15, -0.1) is 0 Å². The van der Waals surface area contributed by atoms with Gasteiger partial charge in [-0.1, -0.05) is 32.8 Å². The average Bonchev–Trinajstić information content (AvgIpc) is 2.34.